The fourth-order valence-electron chi connectivity index (χ4n) is 1.77. The van der Waals surface area contributed by atoms with Gasteiger partial charge in [0.1, 0.15) is 0 Å². The van der Waals surface area contributed by atoms with E-state index < -0.39 is 0 Å². The van der Waals surface area contributed by atoms with Crippen LogP contribution in [-0.4, -0.2) is 11.2 Å². The quantitative estimate of drug-likeness (QED) is 0.534. The Morgan fingerprint density at radius 2 is 1.62 bits per heavy atom. The van der Waals surface area contributed by atoms with Crippen molar-refractivity contribution in [2.24, 2.45) is 5.10 Å². The second-order valence-corrected chi connectivity index (χ2v) is 5.04. The highest BCUT2D eigenvalue weighted by Crippen LogP contribution is 2.24. The summed E-state index contributed by atoms with van der Waals surface area (Å²) in [5, 5.41) is 7.00. The molecule has 5 heteroatoms. The minimum absolute atomic E-state index is 0. The van der Waals surface area contributed by atoms with Gasteiger partial charge in [0.05, 0.1) is 11.9 Å². The van der Waals surface area contributed by atoms with Crippen LogP contribution in [0.15, 0.2) is 71.1 Å². The molecular weight excluding hydrogens is 346 g/mol. The summed E-state index contributed by atoms with van der Waals surface area (Å²) >= 11 is 1.54. The van der Waals surface area contributed by atoms with Crippen LogP contribution in [-0.2, 0) is 0 Å². The zero-order valence-corrected chi connectivity index (χ0v) is 13.7. The van der Waals surface area contributed by atoms with Crippen molar-refractivity contribution < 1.29 is 0 Å². The third-order valence-corrected chi connectivity index (χ3v) is 3.49. The Morgan fingerprint density at radius 1 is 0.952 bits per heavy atom. The number of thiazole rings is 1. The van der Waals surface area contributed by atoms with Crippen molar-refractivity contribution in [2.75, 3.05) is 5.43 Å². The average Bonchev–Trinajstić information content (AvgIpc) is 2.98. The fourth-order valence-corrected chi connectivity index (χ4v) is 2.44. The summed E-state index contributed by atoms with van der Waals surface area (Å²) in [7, 11) is 0. The molecule has 2 aromatic carbocycles. The van der Waals surface area contributed by atoms with Crippen LogP contribution < -0.4 is 5.43 Å². The van der Waals surface area contributed by atoms with E-state index in [1.54, 1.807) is 17.6 Å². The standard InChI is InChI=1S/C16H13N3S.BrH/c1-3-7-13(8-4-1)11-17-19-16-18-15(12-20-16)14-9-5-2-6-10-14;/h1-12H,(H,18,19);1H. The van der Waals surface area contributed by atoms with Gasteiger partial charge in [-0.05, 0) is 5.56 Å². The minimum Gasteiger partial charge on any atom is -0.253 e. The molecule has 0 saturated heterocycles. The van der Waals surface area contributed by atoms with Gasteiger partial charge in [-0.2, -0.15) is 5.10 Å². The average molecular weight is 360 g/mol. The van der Waals surface area contributed by atoms with E-state index in [4.69, 9.17) is 0 Å². The lowest BCUT2D eigenvalue weighted by atomic mass is 10.2. The molecule has 1 aromatic heterocycles. The van der Waals surface area contributed by atoms with E-state index in [-0.39, 0.29) is 17.0 Å². The third kappa shape index (κ3) is 4.24. The Morgan fingerprint density at radius 3 is 2.33 bits per heavy atom. The van der Waals surface area contributed by atoms with Crippen LogP contribution >= 0.6 is 28.3 Å². The fraction of sp³-hybridized carbons (Fsp3) is 0. The molecule has 1 N–H and O–H groups in total. The number of aromatic nitrogens is 1. The molecular formula is C16H14BrN3S. The zero-order valence-electron chi connectivity index (χ0n) is 11.1. The van der Waals surface area contributed by atoms with Gasteiger partial charge in [-0.15, -0.1) is 28.3 Å². The molecule has 0 aliphatic carbocycles. The number of nitrogens with zero attached hydrogens (tertiary/aromatic N) is 2. The van der Waals surface area contributed by atoms with Crippen LogP contribution in [0.2, 0.25) is 0 Å². The summed E-state index contributed by atoms with van der Waals surface area (Å²) in [6.45, 7) is 0. The second kappa shape index (κ2) is 7.71. The first-order valence-corrected chi connectivity index (χ1v) is 7.15. The van der Waals surface area contributed by atoms with Gasteiger partial charge in [0.25, 0.3) is 0 Å². The lowest BCUT2D eigenvalue weighted by Gasteiger charge is -1.95. The lowest BCUT2D eigenvalue weighted by molar-refractivity contribution is 1.29. The van der Waals surface area contributed by atoms with Crippen molar-refractivity contribution in [1.29, 1.82) is 0 Å². The summed E-state index contributed by atoms with van der Waals surface area (Å²) in [4.78, 5) is 4.51. The topological polar surface area (TPSA) is 37.3 Å². The molecule has 3 aromatic rings. The minimum atomic E-state index is 0. The number of hydrogen-bond donors (Lipinski definition) is 1. The van der Waals surface area contributed by atoms with Crippen LogP contribution in [0.5, 0.6) is 0 Å². The lowest BCUT2D eigenvalue weighted by Crippen LogP contribution is -1.89. The first-order chi connectivity index (χ1) is 9.92. The van der Waals surface area contributed by atoms with E-state index in [1.165, 1.54) is 0 Å². The molecule has 0 fully saturated rings. The molecule has 0 amide bonds. The number of hydrogen-bond acceptors (Lipinski definition) is 4. The summed E-state index contributed by atoms with van der Waals surface area (Å²) in [5.74, 6) is 0. The summed E-state index contributed by atoms with van der Waals surface area (Å²) < 4.78 is 0. The van der Waals surface area contributed by atoms with Gasteiger partial charge in [0.15, 0.2) is 0 Å². The number of anilines is 1. The first-order valence-electron chi connectivity index (χ1n) is 6.27. The largest absolute Gasteiger partial charge is 0.253 e. The Hall–Kier alpha value is -1.98. The number of rotatable bonds is 4. The Kier molecular flexibility index (Phi) is 5.66. The van der Waals surface area contributed by atoms with Crippen molar-refractivity contribution in [1.82, 2.24) is 4.98 Å². The van der Waals surface area contributed by atoms with Crippen molar-refractivity contribution in [2.45, 2.75) is 0 Å². The van der Waals surface area contributed by atoms with Gasteiger partial charge in [0.2, 0.25) is 5.13 Å². The van der Waals surface area contributed by atoms with Gasteiger partial charge in [-0.3, -0.25) is 5.43 Å². The van der Waals surface area contributed by atoms with Gasteiger partial charge in [-0.25, -0.2) is 4.98 Å². The second-order valence-electron chi connectivity index (χ2n) is 4.18. The Balaban J connectivity index is 0.00000161. The van der Waals surface area contributed by atoms with Gasteiger partial charge in [-0.1, -0.05) is 60.7 Å². The Bertz CT molecular complexity index is 696. The molecule has 0 spiro atoms. The molecule has 0 atom stereocenters. The molecule has 0 bridgehead atoms. The molecule has 106 valence electrons. The third-order valence-electron chi connectivity index (χ3n) is 2.75. The zero-order chi connectivity index (χ0) is 13.6. The number of hydrazone groups is 1. The maximum absolute atomic E-state index is 4.51. The molecule has 0 aliphatic heterocycles. The van der Waals surface area contributed by atoms with Crippen LogP contribution in [0.3, 0.4) is 0 Å². The molecule has 0 aliphatic rings. The maximum Gasteiger partial charge on any atom is 0.203 e. The van der Waals surface area contributed by atoms with Gasteiger partial charge in [0, 0.05) is 10.9 Å². The highest BCUT2D eigenvalue weighted by atomic mass is 79.9. The van der Waals surface area contributed by atoms with E-state index in [0.29, 0.717) is 0 Å². The molecule has 1 heterocycles. The molecule has 21 heavy (non-hydrogen) atoms. The monoisotopic (exact) mass is 359 g/mol. The Labute approximate surface area is 138 Å². The first kappa shape index (κ1) is 15.4. The number of nitrogens with one attached hydrogen (secondary N) is 1. The van der Waals surface area contributed by atoms with Crippen molar-refractivity contribution in [3.05, 3.63) is 71.6 Å². The van der Waals surface area contributed by atoms with Crippen molar-refractivity contribution >= 4 is 39.7 Å². The van der Waals surface area contributed by atoms with E-state index in [2.05, 4.69) is 15.5 Å². The number of halogens is 1. The van der Waals surface area contributed by atoms with Crippen molar-refractivity contribution in [3.8, 4) is 11.3 Å². The van der Waals surface area contributed by atoms with E-state index >= 15 is 0 Å². The van der Waals surface area contributed by atoms with Gasteiger partial charge >= 0.3 is 0 Å². The van der Waals surface area contributed by atoms with E-state index in [9.17, 15) is 0 Å². The summed E-state index contributed by atoms with van der Waals surface area (Å²) in [6.07, 6.45) is 1.78. The predicted octanol–water partition coefficient (Wildman–Crippen LogP) is 4.83. The summed E-state index contributed by atoms with van der Waals surface area (Å²) in [5.41, 5.74) is 6.10. The molecule has 0 unspecified atom stereocenters. The van der Waals surface area contributed by atoms with Crippen LogP contribution in [0, 0.1) is 0 Å². The smallest absolute Gasteiger partial charge is 0.203 e. The van der Waals surface area contributed by atoms with E-state index in [1.807, 2.05) is 66.0 Å². The van der Waals surface area contributed by atoms with Crippen LogP contribution in [0.1, 0.15) is 5.56 Å². The normalized spacial score (nSPS) is 10.3. The highest BCUT2D eigenvalue weighted by molar-refractivity contribution is 8.93. The van der Waals surface area contributed by atoms with Crippen LogP contribution in [0.25, 0.3) is 11.3 Å². The summed E-state index contributed by atoms with van der Waals surface area (Å²) in [6, 6.07) is 20.1. The molecule has 0 saturated carbocycles. The van der Waals surface area contributed by atoms with E-state index in [0.717, 1.165) is 22.0 Å². The number of benzene rings is 2. The SMILES string of the molecule is Br.C(=NNc1nc(-c2ccccc2)cs1)c1ccccc1. The molecule has 3 nitrogen and oxygen atoms in total. The predicted molar refractivity (Wildman–Crippen MR) is 95.5 cm³/mol. The molecule has 3 rings (SSSR count). The van der Waals surface area contributed by atoms with Crippen molar-refractivity contribution in [3.63, 3.8) is 0 Å². The van der Waals surface area contributed by atoms with Gasteiger partial charge < -0.3 is 0 Å². The van der Waals surface area contributed by atoms with Crippen LogP contribution in [0.4, 0.5) is 5.13 Å². The highest BCUT2D eigenvalue weighted by Gasteiger charge is 2.02. The maximum atomic E-state index is 4.51. The molecule has 0 radical (unpaired) electrons.